The van der Waals surface area contributed by atoms with Crippen LogP contribution in [0.15, 0.2) is 21.8 Å². The van der Waals surface area contributed by atoms with Crippen LogP contribution in [0.4, 0.5) is 0 Å². The lowest BCUT2D eigenvalue weighted by Gasteiger charge is -2.04. The summed E-state index contributed by atoms with van der Waals surface area (Å²) in [5.74, 6) is 0.592. The Kier molecular flexibility index (Phi) is 4.76. The van der Waals surface area contributed by atoms with E-state index in [2.05, 4.69) is 15.0 Å². The average Bonchev–Trinajstić information content (AvgIpc) is 3.03. The SMILES string of the molecule is Cc1noc(C)c1CNS(=O)(=O)c1cnn(CCCO)c1. The minimum absolute atomic E-state index is 0.0340. The molecule has 0 fully saturated rings. The third-order valence-electron chi connectivity index (χ3n) is 3.09. The molecule has 0 aliphatic carbocycles. The van der Waals surface area contributed by atoms with Gasteiger partial charge in [0.05, 0.1) is 11.9 Å². The Morgan fingerprint density at radius 1 is 1.43 bits per heavy atom. The van der Waals surface area contributed by atoms with E-state index in [-0.39, 0.29) is 18.0 Å². The third kappa shape index (κ3) is 3.69. The van der Waals surface area contributed by atoms with Crippen molar-refractivity contribution in [2.24, 2.45) is 0 Å². The maximum Gasteiger partial charge on any atom is 0.243 e. The molecule has 116 valence electrons. The molecular formula is C12H18N4O4S. The fraction of sp³-hybridized carbons (Fsp3) is 0.500. The summed E-state index contributed by atoms with van der Waals surface area (Å²) in [6.07, 6.45) is 3.24. The second kappa shape index (κ2) is 6.37. The van der Waals surface area contributed by atoms with Crippen LogP contribution in [-0.2, 0) is 23.1 Å². The first kappa shape index (κ1) is 15.7. The van der Waals surface area contributed by atoms with Gasteiger partial charge in [0.15, 0.2) is 0 Å². The molecule has 0 saturated carbocycles. The van der Waals surface area contributed by atoms with Crippen molar-refractivity contribution in [2.45, 2.75) is 38.3 Å². The molecule has 0 aliphatic heterocycles. The summed E-state index contributed by atoms with van der Waals surface area (Å²) in [6.45, 7) is 4.11. The topological polar surface area (TPSA) is 110 Å². The maximum atomic E-state index is 12.2. The van der Waals surface area contributed by atoms with E-state index in [0.29, 0.717) is 24.4 Å². The summed E-state index contributed by atoms with van der Waals surface area (Å²) in [4.78, 5) is 0.0900. The zero-order chi connectivity index (χ0) is 15.5. The minimum atomic E-state index is -3.64. The van der Waals surface area contributed by atoms with Crippen LogP contribution in [0.1, 0.15) is 23.4 Å². The van der Waals surface area contributed by atoms with E-state index in [1.807, 2.05) is 0 Å². The first-order valence-electron chi connectivity index (χ1n) is 6.49. The highest BCUT2D eigenvalue weighted by Crippen LogP contribution is 2.14. The Morgan fingerprint density at radius 3 is 2.81 bits per heavy atom. The largest absolute Gasteiger partial charge is 0.396 e. The van der Waals surface area contributed by atoms with Gasteiger partial charge in [-0.2, -0.15) is 5.10 Å². The van der Waals surface area contributed by atoms with E-state index in [4.69, 9.17) is 9.63 Å². The number of nitrogens with one attached hydrogen (secondary N) is 1. The molecule has 2 rings (SSSR count). The van der Waals surface area contributed by atoms with Crippen molar-refractivity contribution >= 4 is 10.0 Å². The van der Waals surface area contributed by atoms with Crippen LogP contribution in [0.2, 0.25) is 0 Å². The molecule has 9 heteroatoms. The van der Waals surface area contributed by atoms with Crippen LogP contribution in [0.5, 0.6) is 0 Å². The smallest absolute Gasteiger partial charge is 0.243 e. The van der Waals surface area contributed by atoms with Gasteiger partial charge in [-0.05, 0) is 20.3 Å². The number of hydrogen-bond acceptors (Lipinski definition) is 6. The summed E-state index contributed by atoms with van der Waals surface area (Å²) in [7, 11) is -3.64. The lowest BCUT2D eigenvalue weighted by Crippen LogP contribution is -2.23. The van der Waals surface area contributed by atoms with E-state index in [1.165, 1.54) is 17.1 Å². The minimum Gasteiger partial charge on any atom is -0.396 e. The van der Waals surface area contributed by atoms with E-state index in [9.17, 15) is 8.42 Å². The monoisotopic (exact) mass is 314 g/mol. The van der Waals surface area contributed by atoms with Gasteiger partial charge < -0.3 is 9.63 Å². The molecule has 0 radical (unpaired) electrons. The van der Waals surface area contributed by atoms with E-state index >= 15 is 0 Å². The van der Waals surface area contributed by atoms with Crippen LogP contribution in [0.3, 0.4) is 0 Å². The maximum absolute atomic E-state index is 12.2. The second-order valence-corrected chi connectivity index (χ2v) is 6.41. The van der Waals surface area contributed by atoms with Crippen molar-refractivity contribution in [1.29, 1.82) is 0 Å². The van der Waals surface area contributed by atoms with Crippen LogP contribution in [-0.4, -0.2) is 35.1 Å². The van der Waals surface area contributed by atoms with Gasteiger partial charge in [0.25, 0.3) is 0 Å². The number of nitrogens with zero attached hydrogens (tertiary/aromatic N) is 3. The van der Waals surface area contributed by atoms with E-state index in [0.717, 1.165) is 5.56 Å². The number of aliphatic hydroxyl groups is 1. The van der Waals surface area contributed by atoms with Gasteiger partial charge in [0, 0.05) is 31.5 Å². The fourth-order valence-corrected chi connectivity index (χ4v) is 2.79. The number of aliphatic hydroxyl groups excluding tert-OH is 1. The highest BCUT2D eigenvalue weighted by atomic mass is 32.2. The molecular weight excluding hydrogens is 296 g/mol. The molecule has 21 heavy (non-hydrogen) atoms. The van der Waals surface area contributed by atoms with Gasteiger partial charge in [-0.1, -0.05) is 5.16 Å². The van der Waals surface area contributed by atoms with Crippen molar-refractivity contribution in [3.8, 4) is 0 Å². The molecule has 2 aromatic heterocycles. The normalized spacial score (nSPS) is 12.0. The fourth-order valence-electron chi connectivity index (χ4n) is 1.84. The Hall–Kier alpha value is -1.71. The van der Waals surface area contributed by atoms with Gasteiger partial charge in [-0.3, -0.25) is 4.68 Å². The molecule has 0 atom stereocenters. The number of rotatable bonds is 7. The van der Waals surface area contributed by atoms with Crippen LogP contribution >= 0.6 is 0 Å². The lowest BCUT2D eigenvalue weighted by atomic mass is 10.2. The zero-order valence-corrected chi connectivity index (χ0v) is 12.7. The molecule has 0 aliphatic rings. The number of sulfonamides is 1. The first-order chi connectivity index (χ1) is 9.94. The molecule has 0 unspecified atom stereocenters. The van der Waals surface area contributed by atoms with E-state index < -0.39 is 10.0 Å². The van der Waals surface area contributed by atoms with Crippen LogP contribution < -0.4 is 4.72 Å². The summed E-state index contributed by atoms with van der Waals surface area (Å²) >= 11 is 0. The van der Waals surface area contributed by atoms with Gasteiger partial charge in [-0.15, -0.1) is 0 Å². The van der Waals surface area contributed by atoms with Crippen molar-refractivity contribution in [3.63, 3.8) is 0 Å². The highest BCUT2D eigenvalue weighted by Gasteiger charge is 2.18. The number of hydrogen-bond donors (Lipinski definition) is 2. The molecule has 2 heterocycles. The van der Waals surface area contributed by atoms with Gasteiger partial charge in [0.1, 0.15) is 10.7 Å². The van der Waals surface area contributed by atoms with Gasteiger partial charge in [0.2, 0.25) is 10.0 Å². The summed E-state index contributed by atoms with van der Waals surface area (Å²) in [5, 5.41) is 16.5. The standard InChI is InChI=1S/C12H18N4O4S/c1-9-12(10(2)20-15-9)7-14-21(18,19)11-6-13-16(8-11)4-3-5-17/h6,8,14,17H,3-5,7H2,1-2H3. The Labute approximate surface area is 122 Å². The Morgan fingerprint density at radius 2 is 2.19 bits per heavy atom. The lowest BCUT2D eigenvalue weighted by molar-refractivity contribution is 0.277. The van der Waals surface area contributed by atoms with Crippen molar-refractivity contribution < 1.29 is 18.0 Å². The first-order valence-corrected chi connectivity index (χ1v) is 7.97. The van der Waals surface area contributed by atoms with Crippen molar-refractivity contribution in [2.75, 3.05) is 6.61 Å². The number of aryl methyl sites for hydroxylation is 3. The highest BCUT2D eigenvalue weighted by molar-refractivity contribution is 7.89. The summed E-state index contributed by atoms with van der Waals surface area (Å²) in [5.41, 5.74) is 1.39. The molecule has 0 spiro atoms. The summed E-state index contributed by atoms with van der Waals surface area (Å²) < 4.78 is 33.3. The summed E-state index contributed by atoms with van der Waals surface area (Å²) in [6, 6.07) is 0. The van der Waals surface area contributed by atoms with Crippen LogP contribution in [0, 0.1) is 13.8 Å². The van der Waals surface area contributed by atoms with Crippen molar-refractivity contribution in [1.82, 2.24) is 19.7 Å². The molecule has 0 saturated heterocycles. The molecule has 2 N–H and O–H groups in total. The second-order valence-electron chi connectivity index (χ2n) is 4.64. The molecule has 2 aromatic rings. The van der Waals surface area contributed by atoms with E-state index in [1.54, 1.807) is 13.8 Å². The Bertz CT molecular complexity index is 685. The molecule has 0 amide bonds. The molecule has 0 bridgehead atoms. The average molecular weight is 314 g/mol. The van der Waals surface area contributed by atoms with Gasteiger partial charge >= 0.3 is 0 Å². The van der Waals surface area contributed by atoms with Gasteiger partial charge in [-0.25, -0.2) is 13.1 Å². The van der Waals surface area contributed by atoms with Crippen LogP contribution in [0.25, 0.3) is 0 Å². The Balaban J connectivity index is 2.06. The zero-order valence-electron chi connectivity index (χ0n) is 11.9. The predicted molar refractivity (Wildman–Crippen MR) is 73.9 cm³/mol. The predicted octanol–water partition coefficient (Wildman–Crippen LogP) is 0.349. The third-order valence-corrected chi connectivity index (χ3v) is 4.44. The number of aromatic nitrogens is 3. The molecule has 0 aromatic carbocycles. The quantitative estimate of drug-likeness (QED) is 0.763. The van der Waals surface area contributed by atoms with Crippen molar-refractivity contribution in [3.05, 3.63) is 29.4 Å². The molecule has 8 nitrogen and oxygen atoms in total.